The molecule has 3 fully saturated rings. The summed E-state index contributed by atoms with van der Waals surface area (Å²) < 4.78 is 2.42. The predicted molar refractivity (Wildman–Crippen MR) is 110 cm³/mol. The number of thioether (sulfide) groups is 1. The van der Waals surface area contributed by atoms with Crippen LogP contribution in [0.3, 0.4) is 0 Å². The third-order valence-corrected chi connectivity index (χ3v) is 8.10. The minimum absolute atomic E-state index is 0.149. The van der Waals surface area contributed by atoms with E-state index in [0.29, 0.717) is 18.3 Å². The van der Waals surface area contributed by atoms with Crippen molar-refractivity contribution in [1.29, 1.82) is 0 Å². The van der Waals surface area contributed by atoms with Gasteiger partial charge in [-0.25, -0.2) is 9.78 Å². The molecule has 0 unspecified atom stereocenters. The molecule has 1 saturated heterocycles. The molecule has 0 radical (unpaired) electrons. The topological polar surface area (TPSA) is 67.2 Å². The molecule has 2 bridgehead atoms. The van der Waals surface area contributed by atoms with Crippen molar-refractivity contribution in [2.75, 3.05) is 12.3 Å². The number of rotatable bonds is 6. The Hall–Kier alpha value is -1.50. The number of imidazole rings is 1. The average Bonchev–Trinajstić information content (AvgIpc) is 3.36. The first-order valence-corrected chi connectivity index (χ1v) is 11.5. The van der Waals surface area contributed by atoms with Crippen LogP contribution < -0.4 is 5.32 Å². The Kier molecular flexibility index (Phi) is 5.01. The van der Waals surface area contributed by atoms with Crippen LogP contribution in [0.2, 0.25) is 0 Å². The lowest BCUT2D eigenvalue weighted by Crippen LogP contribution is -2.40. The maximum Gasteiger partial charge on any atom is 0.325 e. The fourth-order valence-electron chi connectivity index (χ4n) is 5.50. The Morgan fingerprint density at radius 1 is 1.25 bits per heavy atom. The summed E-state index contributed by atoms with van der Waals surface area (Å²) in [4.78, 5) is 30.6. The van der Waals surface area contributed by atoms with Crippen LogP contribution in [0.25, 0.3) is 0 Å². The predicted octanol–water partition coefficient (Wildman–Crippen LogP) is 3.92. The van der Waals surface area contributed by atoms with Crippen molar-refractivity contribution in [2.45, 2.75) is 77.0 Å². The van der Waals surface area contributed by atoms with E-state index in [9.17, 15) is 9.59 Å². The van der Waals surface area contributed by atoms with Gasteiger partial charge >= 0.3 is 6.03 Å². The molecule has 4 rings (SSSR count). The molecule has 0 spiro atoms. The average molecular weight is 405 g/mol. The van der Waals surface area contributed by atoms with Crippen molar-refractivity contribution in [3.63, 3.8) is 0 Å². The highest BCUT2D eigenvalue weighted by molar-refractivity contribution is 7.99. The van der Waals surface area contributed by atoms with Gasteiger partial charge in [-0.15, -0.1) is 0 Å². The number of amides is 3. The van der Waals surface area contributed by atoms with Crippen LogP contribution in [-0.2, 0) is 4.79 Å². The van der Waals surface area contributed by atoms with Crippen LogP contribution in [0.15, 0.2) is 5.16 Å². The summed E-state index contributed by atoms with van der Waals surface area (Å²) in [5.74, 6) is 3.06. The number of aryl methyl sites for hydroxylation is 1. The quantitative estimate of drug-likeness (QED) is 0.576. The number of carbonyl (C=O) groups excluding carboxylic acids is 2. The summed E-state index contributed by atoms with van der Waals surface area (Å²) in [5.41, 5.74) is 1.52. The highest BCUT2D eigenvalue weighted by atomic mass is 32.2. The third kappa shape index (κ3) is 3.25. The van der Waals surface area contributed by atoms with Gasteiger partial charge in [-0.3, -0.25) is 9.69 Å². The van der Waals surface area contributed by atoms with Gasteiger partial charge in [-0.2, -0.15) is 0 Å². The molecule has 1 N–H and O–H groups in total. The summed E-state index contributed by atoms with van der Waals surface area (Å²) in [6, 6.07) is 0.163. The van der Waals surface area contributed by atoms with E-state index >= 15 is 0 Å². The van der Waals surface area contributed by atoms with Gasteiger partial charge in [0.2, 0.25) is 0 Å². The van der Waals surface area contributed by atoms with E-state index in [1.165, 1.54) is 36.3 Å². The summed E-state index contributed by atoms with van der Waals surface area (Å²) in [6.07, 6.45) is 5.56. The van der Waals surface area contributed by atoms with E-state index in [4.69, 9.17) is 4.98 Å². The molecule has 154 valence electrons. The van der Waals surface area contributed by atoms with E-state index in [1.54, 1.807) is 25.6 Å². The zero-order valence-corrected chi connectivity index (χ0v) is 18.4. The van der Waals surface area contributed by atoms with Crippen molar-refractivity contribution in [3.8, 4) is 0 Å². The van der Waals surface area contributed by atoms with Crippen LogP contribution in [0.4, 0.5) is 4.79 Å². The number of urea groups is 1. The lowest BCUT2D eigenvalue weighted by atomic mass is 9.84. The van der Waals surface area contributed by atoms with Gasteiger partial charge < -0.3 is 9.88 Å². The maximum absolute atomic E-state index is 12.4. The molecule has 3 aliphatic rings. The molecule has 28 heavy (non-hydrogen) atoms. The second-order valence-corrected chi connectivity index (χ2v) is 10.4. The third-order valence-electron chi connectivity index (χ3n) is 7.16. The molecule has 1 aromatic heterocycles. The van der Waals surface area contributed by atoms with Gasteiger partial charge in [-0.05, 0) is 71.6 Å². The number of hydrogen-bond donors (Lipinski definition) is 1. The number of imide groups is 1. The van der Waals surface area contributed by atoms with Crippen LogP contribution in [0, 0.1) is 31.6 Å². The maximum atomic E-state index is 12.4. The first-order chi connectivity index (χ1) is 13.2. The lowest BCUT2D eigenvalue weighted by molar-refractivity contribution is -0.130. The smallest absolute Gasteiger partial charge is 0.324 e. The molecule has 7 heteroatoms. The van der Waals surface area contributed by atoms with E-state index in [1.807, 2.05) is 0 Å². The highest BCUT2D eigenvalue weighted by Crippen LogP contribution is 2.52. The van der Waals surface area contributed by atoms with Gasteiger partial charge in [0.25, 0.3) is 5.91 Å². The molecule has 1 aliphatic heterocycles. The van der Waals surface area contributed by atoms with E-state index in [0.717, 1.165) is 28.6 Å². The molecule has 2 saturated carbocycles. The van der Waals surface area contributed by atoms with Gasteiger partial charge in [-0.1, -0.05) is 18.2 Å². The number of fused-ring (bicyclic) bond motifs is 2. The Labute approximate surface area is 171 Å². The molecule has 6 nitrogen and oxygen atoms in total. The summed E-state index contributed by atoms with van der Waals surface area (Å²) >= 11 is 1.66. The fraction of sp³-hybridized carbons (Fsp3) is 0.762. The summed E-state index contributed by atoms with van der Waals surface area (Å²) in [6.45, 7) is 10.5. The SMILES string of the molecule is Cc1nc(SCCN2C(=O)NC(C)(C)C2=O)n([C@@H](C)[C@H]2C[C@H]3CC[C@H]2C3)c1C. The molecule has 3 amide bonds. The largest absolute Gasteiger partial charge is 0.325 e. The van der Waals surface area contributed by atoms with E-state index in [-0.39, 0.29) is 11.9 Å². The number of aromatic nitrogens is 2. The summed E-state index contributed by atoms with van der Waals surface area (Å²) in [5, 5.41) is 3.77. The van der Waals surface area contributed by atoms with Crippen LogP contribution in [0.1, 0.15) is 63.9 Å². The van der Waals surface area contributed by atoms with Crippen molar-refractivity contribution < 1.29 is 9.59 Å². The second kappa shape index (κ2) is 7.08. The van der Waals surface area contributed by atoms with Gasteiger partial charge in [0.05, 0.1) is 5.69 Å². The van der Waals surface area contributed by atoms with Gasteiger partial charge in [0, 0.05) is 24.0 Å². The van der Waals surface area contributed by atoms with Crippen LogP contribution in [-0.4, -0.2) is 44.2 Å². The van der Waals surface area contributed by atoms with Crippen molar-refractivity contribution in [3.05, 3.63) is 11.4 Å². The minimum Gasteiger partial charge on any atom is -0.324 e. The summed E-state index contributed by atoms with van der Waals surface area (Å²) in [7, 11) is 0. The number of nitrogens with one attached hydrogen (secondary N) is 1. The minimum atomic E-state index is -0.802. The first kappa shape index (κ1) is 19.8. The fourth-order valence-corrected chi connectivity index (χ4v) is 6.60. The van der Waals surface area contributed by atoms with Crippen molar-refractivity contribution >= 4 is 23.7 Å². The highest BCUT2D eigenvalue weighted by Gasteiger charge is 2.44. The van der Waals surface area contributed by atoms with Crippen LogP contribution in [0.5, 0.6) is 0 Å². The Morgan fingerprint density at radius 2 is 2.00 bits per heavy atom. The standard InChI is InChI=1S/C21H32N4O2S/c1-12-13(2)25(14(3)17-11-15-6-7-16(17)10-15)20(22-12)28-9-8-24-18(26)21(4,5)23-19(24)27/h14-17H,6-11H2,1-5H3,(H,23,27)/t14-,15-,16-,17+/m0/s1. The molecule has 1 aromatic rings. The normalized spacial score (nSPS) is 29.6. The van der Waals surface area contributed by atoms with Crippen molar-refractivity contribution in [1.82, 2.24) is 19.8 Å². The van der Waals surface area contributed by atoms with E-state index in [2.05, 4.69) is 30.7 Å². The number of hydrogen-bond acceptors (Lipinski definition) is 4. The van der Waals surface area contributed by atoms with Gasteiger partial charge in [0.15, 0.2) is 5.16 Å². The molecule has 2 heterocycles. The van der Waals surface area contributed by atoms with Gasteiger partial charge in [0.1, 0.15) is 5.54 Å². The second-order valence-electron chi connectivity index (χ2n) is 9.37. The number of carbonyl (C=O) groups is 2. The lowest BCUT2D eigenvalue weighted by Gasteiger charge is -2.30. The monoisotopic (exact) mass is 404 g/mol. The molecule has 4 atom stereocenters. The zero-order chi connectivity index (χ0) is 20.2. The molecular formula is C21H32N4O2S. The van der Waals surface area contributed by atoms with E-state index < -0.39 is 5.54 Å². The molecule has 2 aliphatic carbocycles. The number of nitrogens with zero attached hydrogens (tertiary/aromatic N) is 3. The Balaban J connectivity index is 1.45. The van der Waals surface area contributed by atoms with Crippen LogP contribution >= 0.6 is 11.8 Å². The molecular weight excluding hydrogens is 372 g/mol. The Morgan fingerprint density at radius 3 is 2.57 bits per heavy atom. The first-order valence-electron chi connectivity index (χ1n) is 10.5. The zero-order valence-electron chi connectivity index (χ0n) is 17.6. The Bertz CT molecular complexity index is 803. The van der Waals surface area contributed by atoms with Crippen molar-refractivity contribution in [2.24, 2.45) is 17.8 Å². The molecule has 0 aromatic carbocycles.